The number of hydrogen-bond donors (Lipinski definition) is 2. The van der Waals surface area contributed by atoms with Gasteiger partial charge >= 0.3 is 6.18 Å². The lowest BCUT2D eigenvalue weighted by atomic mass is 10.0. The molecule has 0 heterocycles. The lowest BCUT2D eigenvalue weighted by Gasteiger charge is -2.24. The van der Waals surface area contributed by atoms with E-state index in [-0.39, 0.29) is 12.3 Å². The van der Waals surface area contributed by atoms with Gasteiger partial charge in [-0.1, -0.05) is 44.2 Å². The Kier molecular flexibility index (Phi) is 6.20. The SMILES string of the molecule is CC(C)C[C@H](N)C(=O)NC(Cc1ccccc1)C(F)(F)F. The van der Waals surface area contributed by atoms with Crippen LogP contribution in [0.15, 0.2) is 30.3 Å². The average molecular weight is 302 g/mol. The molecule has 3 nitrogen and oxygen atoms in total. The summed E-state index contributed by atoms with van der Waals surface area (Å²) in [6.45, 7) is 3.72. The van der Waals surface area contributed by atoms with E-state index in [0.29, 0.717) is 12.0 Å². The Morgan fingerprint density at radius 2 is 1.81 bits per heavy atom. The lowest BCUT2D eigenvalue weighted by Crippen LogP contribution is -2.52. The van der Waals surface area contributed by atoms with Gasteiger partial charge in [-0.25, -0.2) is 0 Å². The molecular weight excluding hydrogens is 281 g/mol. The van der Waals surface area contributed by atoms with E-state index in [2.05, 4.69) is 0 Å². The maximum atomic E-state index is 13.0. The van der Waals surface area contributed by atoms with Gasteiger partial charge in [0.15, 0.2) is 0 Å². The van der Waals surface area contributed by atoms with E-state index in [1.807, 2.05) is 19.2 Å². The molecule has 6 heteroatoms. The van der Waals surface area contributed by atoms with Crippen LogP contribution in [-0.4, -0.2) is 24.2 Å². The lowest BCUT2D eigenvalue weighted by molar-refractivity contribution is -0.162. The summed E-state index contributed by atoms with van der Waals surface area (Å²) in [6, 6.07) is 5.39. The third-order valence-electron chi connectivity index (χ3n) is 3.06. The van der Waals surface area contributed by atoms with Gasteiger partial charge in [-0.2, -0.15) is 13.2 Å². The predicted octanol–water partition coefficient (Wildman–Crippen LogP) is 2.65. The first-order chi connectivity index (χ1) is 9.70. The van der Waals surface area contributed by atoms with Gasteiger partial charge in [0.05, 0.1) is 6.04 Å². The minimum absolute atomic E-state index is 0.143. The zero-order valence-corrected chi connectivity index (χ0v) is 12.2. The molecule has 3 N–H and O–H groups in total. The van der Waals surface area contributed by atoms with Crippen LogP contribution >= 0.6 is 0 Å². The molecule has 0 aliphatic carbocycles. The maximum absolute atomic E-state index is 13.0. The van der Waals surface area contributed by atoms with Crippen molar-refractivity contribution in [2.45, 2.75) is 44.9 Å². The Morgan fingerprint density at radius 3 is 2.29 bits per heavy atom. The number of benzene rings is 1. The molecule has 1 aromatic rings. The van der Waals surface area contributed by atoms with Gasteiger partial charge in [-0.3, -0.25) is 4.79 Å². The molecule has 1 amide bonds. The number of nitrogens with one attached hydrogen (secondary N) is 1. The maximum Gasteiger partial charge on any atom is 0.408 e. The summed E-state index contributed by atoms with van der Waals surface area (Å²) < 4.78 is 39.1. The number of alkyl halides is 3. The molecule has 0 aromatic heterocycles. The number of carbonyl (C=O) groups is 1. The number of rotatable bonds is 6. The molecule has 21 heavy (non-hydrogen) atoms. The number of halogens is 3. The fourth-order valence-corrected chi connectivity index (χ4v) is 1.99. The molecule has 2 atom stereocenters. The predicted molar refractivity (Wildman–Crippen MR) is 75.6 cm³/mol. The van der Waals surface area contributed by atoms with Crippen molar-refractivity contribution in [3.05, 3.63) is 35.9 Å². The third kappa shape index (κ3) is 6.16. The third-order valence-corrected chi connectivity index (χ3v) is 3.06. The van der Waals surface area contributed by atoms with E-state index in [4.69, 9.17) is 5.73 Å². The van der Waals surface area contributed by atoms with Gasteiger partial charge < -0.3 is 11.1 Å². The summed E-state index contributed by atoms with van der Waals surface area (Å²) in [5.41, 5.74) is 6.14. The van der Waals surface area contributed by atoms with E-state index in [1.165, 1.54) is 0 Å². The van der Waals surface area contributed by atoms with Gasteiger partial charge in [-0.05, 0) is 17.9 Å². The molecule has 1 rings (SSSR count). The summed E-state index contributed by atoms with van der Waals surface area (Å²) in [4.78, 5) is 11.8. The molecule has 118 valence electrons. The van der Waals surface area contributed by atoms with E-state index in [1.54, 1.807) is 30.3 Å². The Bertz CT molecular complexity index is 446. The van der Waals surface area contributed by atoms with Gasteiger partial charge in [0.25, 0.3) is 0 Å². The monoisotopic (exact) mass is 302 g/mol. The van der Waals surface area contributed by atoms with Crippen molar-refractivity contribution in [3.8, 4) is 0 Å². The Morgan fingerprint density at radius 1 is 1.24 bits per heavy atom. The summed E-state index contributed by atoms with van der Waals surface area (Å²) >= 11 is 0. The Hall–Kier alpha value is -1.56. The average Bonchev–Trinajstić information content (AvgIpc) is 2.37. The highest BCUT2D eigenvalue weighted by atomic mass is 19.4. The van der Waals surface area contributed by atoms with E-state index in [0.717, 1.165) is 0 Å². The van der Waals surface area contributed by atoms with Crippen LogP contribution in [0.4, 0.5) is 13.2 Å². The molecule has 0 aliphatic heterocycles. The van der Waals surface area contributed by atoms with Crippen molar-refractivity contribution in [2.24, 2.45) is 11.7 Å². The summed E-state index contributed by atoms with van der Waals surface area (Å²) in [5, 5.41) is 2.02. The summed E-state index contributed by atoms with van der Waals surface area (Å²) in [5.74, 6) is -0.619. The summed E-state index contributed by atoms with van der Waals surface area (Å²) in [6.07, 6.45) is -4.46. The quantitative estimate of drug-likeness (QED) is 0.849. The second-order valence-corrected chi connectivity index (χ2v) is 5.53. The molecule has 0 spiro atoms. The molecule has 0 fully saturated rings. The Balaban J connectivity index is 2.73. The second-order valence-electron chi connectivity index (χ2n) is 5.53. The van der Waals surface area contributed by atoms with Crippen molar-refractivity contribution < 1.29 is 18.0 Å². The van der Waals surface area contributed by atoms with Gasteiger partial charge in [0.1, 0.15) is 6.04 Å². The first-order valence-electron chi connectivity index (χ1n) is 6.86. The van der Waals surface area contributed by atoms with Crippen LogP contribution in [0, 0.1) is 5.92 Å². The highest BCUT2D eigenvalue weighted by Crippen LogP contribution is 2.23. The highest BCUT2D eigenvalue weighted by Gasteiger charge is 2.41. The minimum atomic E-state index is -4.51. The van der Waals surface area contributed by atoms with Gasteiger partial charge in [-0.15, -0.1) is 0 Å². The molecule has 1 unspecified atom stereocenters. The van der Waals surface area contributed by atoms with Crippen LogP contribution < -0.4 is 11.1 Å². The highest BCUT2D eigenvalue weighted by molar-refractivity contribution is 5.81. The molecule has 0 radical (unpaired) electrons. The largest absolute Gasteiger partial charge is 0.408 e. The first kappa shape index (κ1) is 17.5. The van der Waals surface area contributed by atoms with Crippen molar-refractivity contribution in [3.63, 3.8) is 0 Å². The Labute approximate surface area is 122 Å². The van der Waals surface area contributed by atoms with Crippen molar-refractivity contribution >= 4 is 5.91 Å². The van der Waals surface area contributed by atoms with E-state index < -0.39 is 24.2 Å². The van der Waals surface area contributed by atoms with E-state index in [9.17, 15) is 18.0 Å². The van der Waals surface area contributed by atoms with Crippen molar-refractivity contribution in [2.75, 3.05) is 0 Å². The van der Waals surface area contributed by atoms with Gasteiger partial charge in [0, 0.05) is 6.42 Å². The summed E-state index contributed by atoms with van der Waals surface area (Å²) in [7, 11) is 0. The fourth-order valence-electron chi connectivity index (χ4n) is 1.99. The molecule has 0 aliphatic rings. The molecule has 0 bridgehead atoms. The number of carbonyl (C=O) groups excluding carboxylic acids is 1. The van der Waals surface area contributed by atoms with Crippen LogP contribution in [0.3, 0.4) is 0 Å². The molecular formula is C15H21F3N2O. The second kappa shape index (κ2) is 7.45. The fraction of sp³-hybridized carbons (Fsp3) is 0.533. The normalized spacial score (nSPS) is 14.8. The number of hydrogen-bond acceptors (Lipinski definition) is 2. The van der Waals surface area contributed by atoms with Crippen LogP contribution in [-0.2, 0) is 11.2 Å². The van der Waals surface area contributed by atoms with Crippen LogP contribution in [0.2, 0.25) is 0 Å². The first-order valence-corrected chi connectivity index (χ1v) is 6.86. The molecule has 0 saturated heterocycles. The van der Waals surface area contributed by atoms with Crippen molar-refractivity contribution in [1.82, 2.24) is 5.32 Å². The minimum Gasteiger partial charge on any atom is -0.343 e. The van der Waals surface area contributed by atoms with Crippen LogP contribution in [0.1, 0.15) is 25.8 Å². The zero-order chi connectivity index (χ0) is 16.0. The zero-order valence-electron chi connectivity index (χ0n) is 12.2. The number of amides is 1. The smallest absolute Gasteiger partial charge is 0.343 e. The van der Waals surface area contributed by atoms with Crippen molar-refractivity contribution in [1.29, 1.82) is 0 Å². The number of nitrogens with two attached hydrogens (primary N) is 1. The molecule has 1 aromatic carbocycles. The topological polar surface area (TPSA) is 55.1 Å². The van der Waals surface area contributed by atoms with Gasteiger partial charge in [0.2, 0.25) is 5.91 Å². The molecule has 0 saturated carbocycles. The van der Waals surface area contributed by atoms with Crippen LogP contribution in [0.25, 0.3) is 0 Å². The van der Waals surface area contributed by atoms with E-state index >= 15 is 0 Å². The standard InChI is InChI=1S/C15H21F3N2O/c1-10(2)8-12(19)14(21)20-13(15(16,17)18)9-11-6-4-3-5-7-11/h3-7,10,12-13H,8-9,19H2,1-2H3,(H,20,21)/t12-,13?/m0/s1. The van der Waals surface area contributed by atoms with Crippen LogP contribution in [0.5, 0.6) is 0 Å².